The Labute approximate surface area is 180 Å². The van der Waals surface area contributed by atoms with Crippen LogP contribution in [0.25, 0.3) is 6.08 Å². The number of imide groups is 1. The zero-order chi connectivity index (χ0) is 22.0. The number of nitrogens with zero attached hydrogens (tertiary/aromatic N) is 1. The van der Waals surface area contributed by atoms with E-state index >= 15 is 0 Å². The molecule has 31 heavy (non-hydrogen) atoms. The predicted molar refractivity (Wildman–Crippen MR) is 113 cm³/mol. The molecule has 2 aromatic carbocycles. The van der Waals surface area contributed by atoms with Gasteiger partial charge in [-0.05, 0) is 44.2 Å². The van der Waals surface area contributed by atoms with Crippen molar-refractivity contribution in [1.82, 2.24) is 4.90 Å². The van der Waals surface area contributed by atoms with Crippen molar-refractivity contribution in [3.8, 4) is 11.5 Å². The maximum absolute atomic E-state index is 12.3. The third-order valence-corrected chi connectivity index (χ3v) is 5.16. The highest BCUT2D eigenvalue weighted by Gasteiger charge is 2.34. The Kier molecular flexibility index (Phi) is 5.75. The van der Waals surface area contributed by atoms with Gasteiger partial charge in [-0.3, -0.25) is 14.5 Å². The third kappa shape index (κ3) is 4.17. The van der Waals surface area contributed by atoms with Gasteiger partial charge in [-0.25, -0.2) is 4.79 Å². The molecule has 0 unspecified atom stereocenters. The number of ether oxygens (including phenoxy) is 3. The zero-order valence-corrected chi connectivity index (χ0v) is 17.4. The maximum Gasteiger partial charge on any atom is 0.330 e. The van der Waals surface area contributed by atoms with Gasteiger partial charge in [0.25, 0.3) is 11.8 Å². The standard InChI is InChI=1S/C24H23NO6/c1-3-29-20-14-17-12-15(2)31-21(17)13-16(20)8-9-22(26)30-11-10-25-23(27)18-6-4-5-7-19(18)24(25)28/h4-9,13-15H,3,10-12H2,1-2H3/b9-8+/t15-/m1/s1. The van der Waals surface area contributed by atoms with Crippen molar-refractivity contribution in [1.29, 1.82) is 0 Å². The monoisotopic (exact) mass is 421 g/mol. The highest BCUT2D eigenvalue weighted by Crippen LogP contribution is 2.35. The Balaban J connectivity index is 1.36. The molecule has 0 fully saturated rings. The van der Waals surface area contributed by atoms with Crippen molar-refractivity contribution in [2.75, 3.05) is 19.8 Å². The van der Waals surface area contributed by atoms with Gasteiger partial charge < -0.3 is 14.2 Å². The summed E-state index contributed by atoms with van der Waals surface area (Å²) in [5, 5.41) is 0. The number of esters is 1. The van der Waals surface area contributed by atoms with Gasteiger partial charge in [-0.2, -0.15) is 0 Å². The number of carbonyl (C=O) groups excluding carboxylic acids is 3. The number of hydrogen-bond donors (Lipinski definition) is 0. The van der Waals surface area contributed by atoms with Gasteiger partial charge in [-0.15, -0.1) is 0 Å². The lowest BCUT2D eigenvalue weighted by Gasteiger charge is -2.13. The second kappa shape index (κ2) is 8.63. The summed E-state index contributed by atoms with van der Waals surface area (Å²) in [5.41, 5.74) is 2.54. The molecule has 0 radical (unpaired) electrons. The van der Waals surface area contributed by atoms with Gasteiger partial charge in [0.15, 0.2) is 0 Å². The number of carbonyl (C=O) groups is 3. The van der Waals surface area contributed by atoms with Gasteiger partial charge in [0, 0.05) is 23.6 Å². The minimum atomic E-state index is -0.575. The minimum absolute atomic E-state index is 0.000691. The quantitative estimate of drug-likeness (QED) is 0.388. The van der Waals surface area contributed by atoms with Gasteiger partial charge in [-0.1, -0.05) is 12.1 Å². The largest absolute Gasteiger partial charge is 0.493 e. The number of benzene rings is 2. The summed E-state index contributed by atoms with van der Waals surface area (Å²) in [6, 6.07) is 10.4. The number of fused-ring (bicyclic) bond motifs is 2. The van der Waals surface area contributed by atoms with Crippen LogP contribution in [-0.2, 0) is 16.0 Å². The first-order valence-corrected chi connectivity index (χ1v) is 10.2. The van der Waals surface area contributed by atoms with E-state index in [4.69, 9.17) is 14.2 Å². The van der Waals surface area contributed by atoms with Gasteiger partial charge >= 0.3 is 5.97 Å². The van der Waals surface area contributed by atoms with Crippen molar-refractivity contribution in [2.45, 2.75) is 26.4 Å². The topological polar surface area (TPSA) is 82.1 Å². The summed E-state index contributed by atoms with van der Waals surface area (Å²) in [6.45, 7) is 4.31. The van der Waals surface area contributed by atoms with Gasteiger partial charge in [0.2, 0.25) is 0 Å². The first-order valence-electron chi connectivity index (χ1n) is 10.2. The molecule has 2 aromatic rings. The Morgan fingerprint density at radius 2 is 1.90 bits per heavy atom. The van der Waals surface area contributed by atoms with Gasteiger partial charge in [0.05, 0.1) is 24.3 Å². The Morgan fingerprint density at radius 1 is 1.19 bits per heavy atom. The van der Waals surface area contributed by atoms with Crippen molar-refractivity contribution in [3.63, 3.8) is 0 Å². The normalized spacial score (nSPS) is 17.0. The maximum atomic E-state index is 12.3. The van der Waals surface area contributed by atoms with Crippen LogP contribution in [0.1, 0.15) is 45.7 Å². The fourth-order valence-electron chi connectivity index (χ4n) is 3.75. The third-order valence-electron chi connectivity index (χ3n) is 5.16. The van der Waals surface area contributed by atoms with E-state index in [2.05, 4.69) is 0 Å². The summed E-state index contributed by atoms with van der Waals surface area (Å²) in [4.78, 5) is 37.9. The summed E-state index contributed by atoms with van der Waals surface area (Å²) in [5.74, 6) is 0.138. The van der Waals surface area contributed by atoms with Gasteiger partial charge in [0.1, 0.15) is 24.2 Å². The van der Waals surface area contributed by atoms with Crippen molar-refractivity contribution in [3.05, 3.63) is 64.7 Å². The predicted octanol–water partition coefficient (Wildman–Crippen LogP) is 3.26. The summed E-state index contributed by atoms with van der Waals surface area (Å²) < 4.78 is 16.7. The van der Waals surface area contributed by atoms with E-state index in [9.17, 15) is 14.4 Å². The molecule has 4 rings (SSSR count). The molecule has 0 aromatic heterocycles. The molecule has 160 valence electrons. The molecule has 2 aliphatic rings. The summed E-state index contributed by atoms with van der Waals surface area (Å²) in [6.07, 6.45) is 3.84. The van der Waals surface area contributed by atoms with E-state index in [1.54, 1.807) is 30.3 Å². The average molecular weight is 421 g/mol. The molecule has 7 heteroatoms. The molecule has 0 bridgehead atoms. The van der Waals surface area contributed by atoms with Crippen LogP contribution >= 0.6 is 0 Å². The summed E-state index contributed by atoms with van der Waals surface area (Å²) >= 11 is 0. The van der Waals surface area contributed by atoms with Crippen LogP contribution in [0, 0.1) is 0 Å². The Hall–Kier alpha value is -3.61. The fourth-order valence-corrected chi connectivity index (χ4v) is 3.75. The molecule has 0 aliphatic carbocycles. The van der Waals surface area contributed by atoms with Crippen LogP contribution in [0.2, 0.25) is 0 Å². The van der Waals surface area contributed by atoms with E-state index in [0.717, 1.165) is 22.6 Å². The lowest BCUT2D eigenvalue weighted by atomic mass is 10.1. The van der Waals surface area contributed by atoms with Crippen molar-refractivity contribution < 1.29 is 28.6 Å². The van der Waals surface area contributed by atoms with Crippen molar-refractivity contribution in [2.24, 2.45) is 0 Å². The lowest BCUT2D eigenvalue weighted by Crippen LogP contribution is -2.33. The number of rotatable bonds is 7. The van der Waals surface area contributed by atoms with E-state index in [0.29, 0.717) is 29.0 Å². The van der Waals surface area contributed by atoms with Crippen LogP contribution < -0.4 is 9.47 Å². The second-order valence-electron chi connectivity index (χ2n) is 7.37. The molecule has 7 nitrogen and oxygen atoms in total. The Bertz CT molecular complexity index is 1040. The number of amides is 2. The molecular formula is C24H23NO6. The number of hydrogen-bond acceptors (Lipinski definition) is 6. The molecular weight excluding hydrogens is 398 g/mol. The summed E-state index contributed by atoms with van der Waals surface area (Å²) in [7, 11) is 0. The van der Waals surface area contributed by atoms with E-state index in [1.807, 2.05) is 26.0 Å². The van der Waals surface area contributed by atoms with E-state index < -0.39 is 5.97 Å². The zero-order valence-electron chi connectivity index (χ0n) is 17.4. The van der Waals surface area contributed by atoms with E-state index in [1.165, 1.54) is 6.08 Å². The second-order valence-corrected chi connectivity index (χ2v) is 7.37. The molecule has 0 N–H and O–H groups in total. The SMILES string of the molecule is CCOc1cc2c(cc1/C=C/C(=O)OCCN1C(=O)c3ccccc3C1=O)O[C@H](C)C2. The highest BCUT2D eigenvalue weighted by atomic mass is 16.5. The smallest absolute Gasteiger partial charge is 0.330 e. The molecule has 2 aliphatic heterocycles. The Morgan fingerprint density at radius 3 is 2.58 bits per heavy atom. The van der Waals surface area contributed by atoms with Crippen LogP contribution in [0.3, 0.4) is 0 Å². The lowest BCUT2D eigenvalue weighted by molar-refractivity contribution is -0.137. The fraction of sp³-hybridized carbons (Fsp3) is 0.292. The first kappa shape index (κ1) is 20.7. The van der Waals surface area contributed by atoms with Crippen LogP contribution in [0.4, 0.5) is 0 Å². The highest BCUT2D eigenvalue weighted by molar-refractivity contribution is 6.21. The first-order chi connectivity index (χ1) is 15.0. The molecule has 1 atom stereocenters. The average Bonchev–Trinajstić information content (AvgIpc) is 3.23. The molecule has 2 heterocycles. The van der Waals surface area contributed by atoms with Crippen molar-refractivity contribution >= 4 is 23.9 Å². The van der Waals surface area contributed by atoms with E-state index in [-0.39, 0.29) is 31.1 Å². The molecule has 0 saturated carbocycles. The van der Waals surface area contributed by atoms with Crippen LogP contribution in [-0.4, -0.2) is 48.5 Å². The minimum Gasteiger partial charge on any atom is -0.493 e. The molecule has 2 amide bonds. The molecule has 0 saturated heterocycles. The van der Waals surface area contributed by atoms with Crippen LogP contribution in [0.5, 0.6) is 11.5 Å². The van der Waals surface area contributed by atoms with Crippen LogP contribution in [0.15, 0.2) is 42.5 Å². The molecule has 0 spiro atoms.